The fraction of sp³-hybridized carbons (Fsp3) is 1.00. The van der Waals surface area contributed by atoms with Crippen LogP contribution in [0.1, 0.15) is 45.4 Å². The SMILES string of the molecule is CC1OCCC1(CN)N(C)CC1CCCCC1. The Morgan fingerprint density at radius 1 is 1.29 bits per heavy atom. The zero-order chi connectivity index (χ0) is 12.3. The van der Waals surface area contributed by atoms with Crippen molar-refractivity contribution >= 4 is 0 Å². The summed E-state index contributed by atoms with van der Waals surface area (Å²) in [5.41, 5.74) is 6.14. The van der Waals surface area contributed by atoms with Gasteiger partial charge in [-0.3, -0.25) is 4.90 Å². The van der Waals surface area contributed by atoms with E-state index >= 15 is 0 Å². The van der Waals surface area contributed by atoms with Crippen LogP contribution in [0.2, 0.25) is 0 Å². The number of nitrogens with zero attached hydrogens (tertiary/aromatic N) is 1. The highest BCUT2D eigenvalue weighted by Crippen LogP contribution is 2.33. The van der Waals surface area contributed by atoms with E-state index in [1.54, 1.807) is 0 Å². The first kappa shape index (κ1) is 13.3. The Hall–Kier alpha value is -0.120. The fourth-order valence-electron chi connectivity index (χ4n) is 3.63. The first-order valence-electron chi connectivity index (χ1n) is 7.22. The van der Waals surface area contributed by atoms with Crippen molar-refractivity contribution in [3.05, 3.63) is 0 Å². The summed E-state index contributed by atoms with van der Waals surface area (Å²) in [6.45, 7) is 4.97. The van der Waals surface area contributed by atoms with Gasteiger partial charge < -0.3 is 10.5 Å². The van der Waals surface area contributed by atoms with Crippen LogP contribution in [0.25, 0.3) is 0 Å². The highest BCUT2D eigenvalue weighted by atomic mass is 16.5. The second-order valence-corrected chi connectivity index (χ2v) is 5.96. The standard InChI is InChI=1S/C14H28N2O/c1-12-14(11-15,8-9-17-12)16(2)10-13-6-4-3-5-7-13/h12-13H,3-11,15H2,1-2H3. The molecule has 2 N–H and O–H groups in total. The van der Waals surface area contributed by atoms with Crippen LogP contribution in [0.15, 0.2) is 0 Å². The molecule has 2 aliphatic rings. The molecule has 0 amide bonds. The van der Waals surface area contributed by atoms with Crippen LogP contribution in [0.4, 0.5) is 0 Å². The van der Waals surface area contributed by atoms with Crippen molar-refractivity contribution in [1.82, 2.24) is 4.90 Å². The minimum absolute atomic E-state index is 0.0947. The summed E-state index contributed by atoms with van der Waals surface area (Å²) in [4.78, 5) is 2.50. The summed E-state index contributed by atoms with van der Waals surface area (Å²) < 4.78 is 5.75. The number of rotatable bonds is 4. The third-order valence-electron chi connectivity index (χ3n) is 5.03. The van der Waals surface area contributed by atoms with Crippen molar-refractivity contribution in [3.8, 4) is 0 Å². The predicted molar refractivity (Wildman–Crippen MR) is 71.0 cm³/mol. The number of ether oxygens (including phenoxy) is 1. The largest absolute Gasteiger partial charge is 0.376 e. The first-order chi connectivity index (χ1) is 8.19. The summed E-state index contributed by atoms with van der Waals surface area (Å²) in [6, 6.07) is 0. The number of hydrogen-bond acceptors (Lipinski definition) is 3. The van der Waals surface area contributed by atoms with Gasteiger partial charge in [0.2, 0.25) is 0 Å². The van der Waals surface area contributed by atoms with Crippen molar-refractivity contribution in [2.24, 2.45) is 11.7 Å². The van der Waals surface area contributed by atoms with Gasteiger partial charge in [0.15, 0.2) is 0 Å². The summed E-state index contributed by atoms with van der Waals surface area (Å²) in [7, 11) is 2.24. The van der Waals surface area contributed by atoms with E-state index in [2.05, 4.69) is 18.9 Å². The van der Waals surface area contributed by atoms with Crippen molar-refractivity contribution in [2.75, 3.05) is 26.7 Å². The lowest BCUT2D eigenvalue weighted by atomic mass is 9.85. The van der Waals surface area contributed by atoms with Gasteiger partial charge in [-0.2, -0.15) is 0 Å². The molecule has 1 aliphatic carbocycles. The molecule has 0 aromatic rings. The lowest BCUT2D eigenvalue weighted by Crippen LogP contribution is -2.57. The molecule has 0 spiro atoms. The number of nitrogens with two attached hydrogens (primary N) is 1. The molecule has 1 saturated carbocycles. The molecular formula is C14H28N2O. The molecule has 17 heavy (non-hydrogen) atoms. The molecular weight excluding hydrogens is 212 g/mol. The number of hydrogen-bond donors (Lipinski definition) is 1. The van der Waals surface area contributed by atoms with Gasteiger partial charge in [-0.05, 0) is 39.2 Å². The Balaban J connectivity index is 1.94. The summed E-state index contributed by atoms with van der Waals surface area (Å²) in [6.07, 6.45) is 8.44. The highest BCUT2D eigenvalue weighted by molar-refractivity contribution is 4.99. The van der Waals surface area contributed by atoms with Crippen LogP contribution < -0.4 is 5.73 Å². The molecule has 1 aliphatic heterocycles. The monoisotopic (exact) mass is 240 g/mol. The van der Waals surface area contributed by atoms with Gasteiger partial charge >= 0.3 is 0 Å². The van der Waals surface area contributed by atoms with E-state index < -0.39 is 0 Å². The first-order valence-corrected chi connectivity index (χ1v) is 7.22. The van der Waals surface area contributed by atoms with Gasteiger partial charge in [0.05, 0.1) is 11.6 Å². The third-order valence-corrected chi connectivity index (χ3v) is 5.03. The van der Waals surface area contributed by atoms with E-state index in [0.717, 1.165) is 25.5 Å². The molecule has 0 aromatic carbocycles. The third kappa shape index (κ3) is 2.67. The van der Waals surface area contributed by atoms with E-state index in [9.17, 15) is 0 Å². The van der Waals surface area contributed by atoms with Gasteiger partial charge in [-0.15, -0.1) is 0 Å². The molecule has 0 radical (unpaired) electrons. The Bertz CT molecular complexity index is 240. The van der Waals surface area contributed by atoms with Crippen molar-refractivity contribution < 1.29 is 4.74 Å². The van der Waals surface area contributed by atoms with Gasteiger partial charge in [0, 0.05) is 19.7 Å². The van der Waals surface area contributed by atoms with Crippen LogP contribution in [-0.4, -0.2) is 43.3 Å². The second kappa shape index (κ2) is 5.68. The van der Waals surface area contributed by atoms with E-state index in [1.807, 2.05) is 0 Å². The molecule has 0 bridgehead atoms. The highest BCUT2D eigenvalue weighted by Gasteiger charge is 2.44. The lowest BCUT2D eigenvalue weighted by Gasteiger charge is -2.42. The molecule has 2 fully saturated rings. The van der Waals surface area contributed by atoms with Crippen molar-refractivity contribution in [2.45, 2.75) is 57.1 Å². The van der Waals surface area contributed by atoms with Crippen LogP contribution >= 0.6 is 0 Å². The smallest absolute Gasteiger partial charge is 0.0743 e. The molecule has 3 nitrogen and oxygen atoms in total. The van der Waals surface area contributed by atoms with E-state index in [4.69, 9.17) is 10.5 Å². The Morgan fingerprint density at radius 3 is 2.53 bits per heavy atom. The van der Waals surface area contributed by atoms with Crippen LogP contribution in [0.5, 0.6) is 0 Å². The van der Waals surface area contributed by atoms with Crippen LogP contribution in [0.3, 0.4) is 0 Å². The molecule has 2 atom stereocenters. The molecule has 0 aromatic heterocycles. The van der Waals surface area contributed by atoms with E-state index in [0.29, 0.717) is 0 Å². The predicted octanol–water partition coefficient (Wildman–Crippen LogP) is 2.00. The second-order valence-electron chi connectivity index (χ2n) is 5.96. The topological polar surface area (TPSA) is 38.5 Å². The fourth-order valence-corrected chi connectivity index (χ4v) is 3.63. The average molecular weight is 240 g/mol. The maximum atomic E-state index is 6.04. The number of likely N-dealkylation sites (N-methyl/N-ethyl adjacent to an activating group) is 1. The summed E-state index contributed by atoms with van der Waals surface area (Å²) >= 11 is 0. The normalized spacial score (nSPS) is 35.6. The van der Waals surface area contributed by atoms with E-state index in [1.165, 1.54) is 38.6 Å². The molecule has 100 valence electrons. The molecule has 1 saturated heterocycles. The quantitative estimate of drug-likeness (QED) is 0.817. The molecule has 1 heterocycles. The van der Waals surface area contributed by atoms with Crippen LogP contribution in [0, 0.1) is 5.92 Å². The van der Waals surface area contributed by atoms with Gasteiger partial charge in [0.1, 0.15) is 0 Å². The Morgan fingerprint density at radius 2 is 2.00 bits per heavy atom. The zero-order valence-electron chi connectivity index (χ0n) is 11.5. The molecule has 2 unspecified atom stereocenters. The summed E-state index contributed by atoms with van der Waals surface area (Å²) in [5, 5.41) is 0. The van der Waals surface area contributed by atoms with Crippen molar-refractivity contribution in [1.29, 1.82) is 0 Å². The Labute approximate surface area is 106 Å². The van der Waals surface area contributed by atoms with Gasteiger partial charge in [0.25, 0.3) is 0 Å². The van der Waals surface area contributed by atoms with E-state index in [-0.39, 0.29) is 11.6 Å². The maximum Gasteiger partial charge on any atom is 0.0743 e. The minimum Gasteiger partial charge on any atom is -0.376 e. The maximum absolute atomic E-state index is 6.04. The molecule has 2 rings (SSSR count). The van der Waals surface area contributed by atoms with Crippen molar-refractivity contribution in [3.63, 3.8) is 0 Å². The Kier molecular flexibility index (Phi) is 4.45. The van der Waals surface area contributed by atoms with Gasteiger partial charge in [-0.1, -0.05) is 19.3 Å². The van der Waals surface area contributed by atoms with Crippen LogP contribution in [-0.2, 0) is 4.74 Å². The molecule has 3 heteroatoms. The van der Waals surface area contributed by atoms with Gasteiger partial charge in [-0.25, -0.2) is 0 Å². The lowest BCUT2D eigenvalue weighted by molar-refractivity contribution is 0.0182. The minimum atomic E-state index is 0.0947. The zero-order valence-corrected chi connectivity index (χ0v) is 11.5. The average Bonchev–Trinajstić information content (AvgIpc) is 2.73. The summed E-state index contributed by atoms with van der Waals surface area (Å²) in [5.74, 6) is 0.880.